The van der Waals surface area contributed by atoms with Gasteiger partial charge in [-0.3, -0.25) is 4.79 Å². The summed E-state index contributed by atoms with van der Waals surface area (Å²) in [5.74, 6) is -0.595. The fourth-order valence-electron chi connectivity index (χ4n) is 1.78. The lowest BCUT2D eigenvalue weighted by molar-refractivity contribution is -0.117. The molecular formula is C12H14FN3O2. The number of carbonyl (C=O) groups excluding carboxylic acids is 1. The Morgan fingerprint density at radius 2 is 2.28 bits per heavy atom. The monoisotopic (exact) mass is 251 g/mol. The normalized spacial score (nSPS) is 22.7. The van der Waals surface area contributed by atoms with Crippen molar-refractivity contribution < 1.29 is 14.4 Å². The number of hydrogen-bond donors (Lipinski definition) is 3. The van der Waals surface area contributed by atoms with Gasteiger partial charge in [-0.05, 0) is 30.5 Å². The summed E-state index contributed by atoms with van der Waals surface area (Å²) in [5.41, 5.74) is 5.73. The minimum Gasteiger partial charge on any atom is -0.409 e. The van der Waals surface area contributed by atoms with Gasteiger partial charge in [-0.15, -0.1) is 0 Å². The molecule has 1 fully saturated rings. The molecule has 0 spiro atoms. The van der Waals surface area contributed by atoms with E-state index in [9.17, 15) is 9.18 Å². The van der Waals surface area contributed by atoms with Gasteiger partial charge < -0.3 is 16.3 Å². The maximum Gasteiger partial charge on any atom is 0.227 e. The molecule has 1 saturated carbocycles. The zero-order valence-electron chi connectivity index (χ0n) is 9.85. The van der Waals surface area contributed by atoms with Crippen molar-refractivity contribution in [2.24, 2.45) is 22.7 Å². The van der Waals surface area contributed by atoms with Gasteiger partial charge in [0, 0.05) is 11.6 Å². The summed E-state index contributed by atoms with van der Waals surface area (Å²) >= 11 is 0. The lowest BCUT2D eigenvalue weighted by Gasteiger charge is -2.07. The number of nitrogens with one attached hydrogen (secondary N) is 1. The first kappa shape index (κ1) is 12.3. The first-order valence-electron chi connectivity index (χ1n) is 5.61. The minimum absolute atomic E-state index is 0.0300. The summed E-state index contributed by atoms with van der Waals surface area (Å²) in [4.78, 5) is 11.7. The third-order valence-corrected chi connectivity index (χ3v) is 3.06. The number of oxime groups is 1. The molecule has 0 heterocycles. The Kier molecular flexibility index (Phi) is 3.18. The van der Waals surface area contributed by atoms with Crippen LogP contribution in [0.25, 0.3) is 0 Å². The van der Waals surface area contributed by atoms with Gasteiger partial charge in [-0.25, -0.2) is 4.39 Å². The molecule has 2 unspecified atom stereocenters. The van der Waals surface area contributed by atoms with Crippen molar-refractivity contribution in [3.05, 3.63) is 29.6 Å². The lowest BCUT2D eigenvalue weighted by Crippen LogP contribution is -2.18. The van der Waals surface area contributed by atoms with Gasteiger partial charge in [-0.1, -0.05) is 12.1 Å². The zero-order chi connectivity index (χ0) is 13.3. The summed E-state index contributed by atoms with van der Waals surface area (Å²) in [6.07, 6.45) is 0.875. The number of nitrogens with zero attached hydrogens (tertiary/aromatic N) is 1. The molecule has 0 bridgehead atoms. The van der Waals surface area contributed by atoms with Crippen molar-refractivity contribution >= 4 is 17.4 Å². The number of anilines is 1. The second-order valence-electron chi connectivity index (χ2n) is 4.49. The van der Waals surface area contributed by atoms with Crippen molar-refractivity contribution in [1.82, 2.24) is 0 Å². The topological polar surface area (TPSA) is 87.7 Å². The average molecular weight is 251 g/mol. The third kappa shape index (κ3) is 2.42. The van der Waals surface area contributed by atoms with Crippen LogP contribution in [0.5, 0.6) is 0 Å². The Morgan fingerprint density at radius 1 is 1.61 bits per heavy atom. The molecule has 0 radical (unpaired) electrons. The second-order valence-corrected chi connectivity index (χ2v) is 4.49. The van der Waals surface area contributed by atoms with Gasteiger partial charge >= 0.3 is 0 Å². The maximum absolute atomic E-state index is 13.4. The standard InChI is InChI=1S/C12H14FN3O2/c1-6-4-8(6)12(17)15-7-2-3-10(13)9(5-7)11(14)16-18/h2-3,5-6,8,18H,4H2,1H3,(H2,14,16)(H,15,17). The van der Waals surface area contributed by atoms with Crippen molar-refractivity contribution in [1.29, 1.82) is 0 Å². The highest BCUT2D eigenvalue weighted by atomic mass is 19.1. The Bertz CT molecular complexity index is 516. The number of halogens is 1. The fourth-order valence-corrected chi connectivity index (χ4v) is 1.78. The van der Waals surface area contributed by atoms with Crippen LogP contribution in [0, 0.1) is 17.7 Å². The molecule has 0 aliphatic heterocycles. The molecule has 5 nitrogen and oxygen atoms in total. The highest BCUT2D eigenvalue weighted by Crippen LogP contribution is 2.38. The van der Waals surface area contributed by atoms with Crippen LogP contribution in [0.15, 0.2) is 23.4 Å². The predicted molar refractivity (Wildman–Crippen MR) is 64.8 cm³/mol. The largest absolute Gasteiger partial charge is 0.409 e. The van der Waals surface area contributed by atoms with Crippen LogP contribution in [0.3, 0.4) is 0 Å². The van der Waals surface area contributed by atoms with Gasteiger partial charge in [0.1, 0.15) is 5.82 Å². The molecule has 0 aromatic heterocycles. The number of hydrogen-bond acceptors (Lipinski definition) is 3. The zero-order valence-corrected chi connectivity index (χ0v) is 9.85. The number of nitrogens with two attached hydrogens (primary N) is 1. The van der Waals surface area contributed by atoms with Crippen molar-refractivity contribution in [3.8, 4) is 0 Å². The van der Waals surface area contributed by atoms with E-state index >= 15 is 0 Å². The van der Waals surface area contributed by atoms with Crippen molar-refractivity contribution in [2.45, 2.75) is 13.3 Å². The predicted octanol–water partition coefficient (Wildman–Crippen LogP) is 1.51. The van der Waals surface area contributed by atoms with Gasteiger partial charge in [0.2, 0.25) is 5.91 Å². The number of amides is 1. The SMILES string of the molecule is CC1CC1C(=O)Nc1ccc(F)c(C(N)=NO)c1. The molecule has 2 rings (SSSR count). The molecular weight excluding hydrogens is 237 g/mol. The van der Waals surface area contributed by atoms with E-state index in [0.29, 0.717) is 11.6 Å². The van der Waals surface area contributed by atoms with E-state index in [1.807, 2.05) is 6.92 Å². The van der Waals surface area contributed by atoms with E-state index in [2.05, 4.69) is 10.5 Å². The van der Waals surface area contributed by atoms with E-state index in [0.717, 1.165) is 6.42 Å². The molecule has 1 aromatic rings. The maximum atomic E-state index is 13.4. The molecule has 4 N–H and O–H groups in total. The smallest absolute Gasteiger partial charge is 0.227 e. The van der Waals surface area contributed by atoms with Gasteiger partial charge in [-0.2, -0.15) is 0 Å². The van der Waals surface area contributed by atoms with Crippen LogP contribution in [0.4, 0.5) is 10.1 Å². The molecule has 1 aliphatic rings. The second kappa shape index (κ2) is 4.64. The highest BCUT2D eigenvalue weighted by Gasteiger charge is 2.39. The van der Waals surface area contributed by atoms with E-state index in [4.69, 9.17) is 10.9 Å². The van der Waals surface area contributed by atoms with Gasteiger partial charge in [0.05, 0.1) is 5.56 Å². The number of benzene rings is 1. The molecule has 1 amide bonds. The summed E-state index contributed by atoms with van der Waals surface area (Å²) in [6.45, 7) is 2.00. The molecule has 18 heavy (non-hydrogen) atoms. The quantitative estimate of drug-likeness (QED) is 0.329. The Morgan fingerprint density at radius 3 is 2.83 bits per heavy atom. The average Bonchev–Trinajstić information content (AvgIpc) is 3.08. The number of amidine groups is 1. The van der Waals surface area contributed by atoms with Crippen LogP contribution < -0.4 is 11.1 Å². The Balaban J connectivity index is 2.17. The summed E-state index contributed by atoms with van der Waals surface area (Å²) in [7, 11) is 0. The van der Waals surface area contributed by atoms with Crippen LogP contribution in [0.2, 0.25) is 0 Å². The fraction of sp³-hybridized carbons (Fsp3) is 0.333. The van der Waals surface area contributed by atoms with E-state index in [1.165, 1.54) is 18.2 Å². The summed E-state index contributed by atoms with van der Waals surface area (Å²) in [6, 6.07) is 3.95. The summed E-state index contributed by atoms with van der Waals surface area (Å²) in [5, 5.41) is 14.0. The minimum atomic E-state index is -0.608. The first-order valence-corrected chi connectivity index (χ1v) is 5.61. The molecule has 6 heteroatoms. The number of rotatable bonds is 3. The van der Waals surface area contributed by atoms with E-state index in [-0.39, 0.29) is 23.2 Å². The molecule has 1 aromatic carbocycles. The van der Waals surface area contributed by atoms with Crippen LogP contribution in [-0.4, -0.2) is 17.0 Å². The summed E-state index contributed by atoms with van der Waals surface area (Å²) < 4.78 is 13.4. The molecule has 0 saturated heterocycles. The van der Waals surface area contributed by atoms with E-state index in [1.54, 1.807) is 0 Å². The van der Waals surface area contributed by atoms with Crippen LogP contribution in [0.1, 0.15) is 18.9 Å². The first-order chi connectivity index (χ1) is 8.52. The molecule has 96 valence electrons. The van der Waals surface area contributed by atoms with Crippen molar-refractivity contribution in [3.63, 3.8) is 0 Å². The van der Waals surface area contributed by atoms with Gasteiger partial charge in [0.15, 0.2) is 5.84 Å². The molecule has 2 atom stereocenters. The van der Waals surface area contributed by atoms with Crippen molar-refractivity contribution in [2.75, 3.05) is 5.32 Å². The Hall–Kier alpha value is -2.11. The van der Waals surface area contributed by atoms with Crippen LogP contribution >= 0.6 is 0 Å². The third-order valence-electron chi connectivity index (χ3n) is 3.06. The number of carbonyl (C=O) groups is 1. The van der Waals surface area contributed by atoms with Crippen LogP contribution in [-0.2, 0) is 4.79 Å². The Labute approximate surface area is 103 Å². The lowest BCUT2D eigenvalue weighted by atomic mass is 10.1. The molecule has 1 aliphatic carbocycles. The highest BCUT2D eigenvalue weighted by molar-refractivity contribution is 6.00. The van der Waals surface area contributed by atoms with E-state index < -0.39 is 5.82 Å². The van der Waals surface area contributed by atoms with Gasteiger partial charge in [0.25, 0.3) is 0 Å².